The van der Waals surface area contributed by atoms with Crippen LogP contribution in [-0.4, -0.2) is 9.55 Å². The molecule has 0 amide bonds. The first-order chi connectivity index (χ1) is 40.0. The number of rotatable bonds is 9. The van der Waals surface area contributed by atoms with E-state index in [-0.39, 0.29) is 0 Å². The minimum atomic E-state index is 0.776. The summed E-state index contributed by atoms with van der Waals surface area (Å²) >= 11 is 1.83. The average Bonchev–Trinajstić information content (AvgIpc) is 4.30. The van der Waals surface area contributed by atoms with Crippen molar-refractivity contribution in [3.63, 3.8) is 0 Å². The summed E-state index contributed by atoms with van der Waals surface area (Å²) in [4.78, 5) is 10.8. The van der Waals surface area contributed by atoms with Crippen LogP contribution in [0.3, 0.4) is 0 Å². The van der Waals surface area contributed by atoms with Crippen molar-refractivity contribution < 1.29 is 4.74 Å². The smallest absolute Gasteiger partial charge is 0.153 e. The molecule has 384 valence electrons. The summed E-state index contributed by atoms with van der Waals surface area (Å²) in [6, 6.07) is 95.9. The maximum atomic E-state index is 6.86. The first-order valence-electron chi connectivity index (χ1n) is 27.4. The number of hydrogen-bond donors (Lipinski definition) is 3. The second kappa shape index (κ2) is 18.9. The lowest BCUT2D eigenvalue weighted by molar-refractivity contribution is 0.481. The zero-order valence-electron chi connectivity index (χ0n) is 44.1. The number of H-pyrrole nitrogens is 1. The van der Waals surface area contributed by atoms with Gasteiger partial charge in [-0.2, -0.15) is 0 Å². The lowest BCUT2D eigenvalue weighted by Crippen LogP contribution is -2.09. The molecule has 8 heteroatoms. The number of hydrogen-bond acceptors (Lipinski definition) is 6. The molecule has 0 saturated heterocycles. The highest BCUT2D eigenvalue weighted by molar-refractivity contribution is 7.99. The summed E-state index contributed by atoms with van der Waals surface area (Å²) in [5, 5.41) is 12.1. The number of fused-ring (bicyclic) bond motifs is 10. The molecule has 0 saturated carbocycles. The lowest BCUT2D eigenvalue weighted by atomic mass is 10.0. The van der Waals surface area contributed by atoms with E-state index in [1.54, 1.807) is 0 Å². The van der Waals surface area contributed by atoms with Gasteiger partial charge in [-0.3, -0.25) is 0 Å². The van der Waals surface area contributed by atoms with Crippen molar-refractivity contribution in [1.82, 2.24) is 9.55 Å². The Hall–Kier alpha value is -10.4. The number of nitrogens with one attached hydrogen (secondary N) is 3. The predicted octanol–water partition coefficient (Wildman–Crippen LogP) is 21.1. The minimum absolute atomic E-state index is 0.776. The van der Waals surface area contributed by atoms with Crippen LogP contribution >= 0.6 is 11.8 Å². The van der Waals surface area contributed by atoms with E-state index in [0.29, 0.717) is 0 Å². The molecule has 4 heterocycles. The Labute approximate surface area is 473 Å². The van der Waals surface area contributed by atoms with Gasteiger partial charge in [0.2, 0.25) is 0 Å². The number of para-hydroxylation sites is 4. The molecule has 12 aromatic carbocycles. The highest BCUT2D eigenvalue weighted by Gasteiger charge is 2.23. The third kappa shape index (κ3) is 8.14. The summed E-state index contributed by atoms with van der Waals surface area (Å²) in [7, 11) is 0. The Balaban J connectivity index is 0.697. The van der Waals surface area contributed by atoms with Crippen molar-refractivity contribution in [2.24, 2.45) is 0 Å². The number of nitrogens with zero attached hydrogens (tertiary/aromatic N) is 3. The van der Waals surface area contributed by atoms with Crippen LogP contribution in [0.4, 0.5) is 56.9 Å². The van der Waals surface area contributed by atoms with Gasteiger partial charge in [-0.15, -0.1) is 0 Å². The molecule has 3 N–H and O–H groups in total. The molecule has 81 heavy (non-hydrogen) atoms. The Morgan fingerprint density at radius 1 is 0.346 bits per heavy atom. The van der Waals surface area contributed by atoms with Crippen molar-refractivity contribution in [2.75, 3.05) is 20.4 Å². The molecule has 2 aliphatic heterocycles. The van der Waals surface area contributed by atoms with Gasteiger partial charge < -0.3 is 34.7 Å². The highest BCUT2D eigenvalue weighted by atomic mass is 32.2. The normalized spacial score (nSPS) is 12.3. The average molecular weight is 1060 g/mol. The minimum Gasteiger partial charge on any atom is -0.453 e. The standard InChI is InChI=1S/C73H50N6OS/c1-46-21-32-66-72(39-46)81-73-42-50(25-34-67(73)76-66)48-26-38-69-61(40-48)58-19-11-12-20-68(58)79(69)57-31-37-65-71(45-57)80-70-41-49(24-33-64(70)75-65)47-22-27-54(28-23-47)78(53-17-9-4-10-18-53)56-30-36-63-60(44-56)59-43-55(29-35-62(59)74-63)77(51-13-5-2-6-14-51)52-15-7-3-8-16-52/h2-45,74-76H,1H3. The summed E-state index contributed by atoms with van der Waals surface area (Å²) in [6.07, 6.45) is 0. The summed E-state index contributed by atoms with van der Waals surface area (Å²) < 4.78 is 9.22. The number of ether oxygens (including phenoxy) is 1. The van der Waals surface area contributed by atoms with Gasteiger partial charge in [-0.1, -0.05) is 121 Å². The zero-order valence-corrected chi connectivity index (χ0v) is 44.9. The van der Waals surface area contributed by atoms with Crippen molar-refractivity contribution in [2.45, 2.75) is 16.7 Å². The Kier molecular flexibility index (Phi) is 10.9. The van der Waals surface area contributed by atoms with E-state index in [1.807, 2.05) is 11.8 Å². The van der Waals surface area contributed by atoms with E-state index < -0.39 is 0 Å². The van der Waals surface area contributed by atoms with Crippen molar-refractivity contribution >= 4 is 112 Å². The van der Waals surface area contributed by atoms with Crippen molar-refractivity contribution in [3.05, 3.63) is 272 Å². The largest absolute Gasteiger partial charge is 0.453 e. The first-order valence-corrected chi connectivity index (χ1v) is 28.2. The van der Waals surface area contributed by atoms with E-state index >= 15 is 0 Å². The van der Waals surface area contributed by atoms with E-state index in [0.717, 1.165) is 118 Å². The van der Waals surface area contributed by atoms with Crippen LogP contribution in [0.15, 0.2) is 277 Å². The molecule has 0 fully saturated rings. The van der Waals surface area contributed by atoms with E-state index in [4.69, 9.17) is 4.74 Å². The molecule has 0 unspecified atom stereocenters. The Bertz CT molecular complexity index is 4740. The number of aromatic amines is 1. The van der Waals surface area contributed by atoms with Crippen LogP contribution in [0.1, 0.15) is 5.56 Å². The zero-order chi connectivity index (χ0) is 53.5. The number of aromatic nitrogens is 2. The first kappa shape index (κ1) is 46.7. The van der Waals surface area contributed by atoms with Crippen LogP contribution < -0.4 is 25.2 Å². The maximum Gasteiger partial charge on any atom is 0.153 e. The second-order valence-electron chi connectivity index (χ2n) is 20.9. The van der Waals surface area contributed by atoms with E-state index in [2.05, 4.69) is 304 Å². The molecule has 0 radical (unpaired) electrons. The van der Waals surface area contributed by atoms with E-state index in [1.165, 1.54) is 37.3 Å². The third-order valence-electron chi connectivity index (χ3n) is 15.9. The number of benzene rings is 12. The molecular formula is C73H50N6OS. The summed E-state index contributed by atoms with van der Waals surface area (Å²) in [5.41, 5.74) is 22.0. The molecule has 2 aliphatic rings. The SMILES string of the molecule is Cc1ccc2c(c1)Sc1cc(-c3ccc4c(c3)c3ccccc3n4-c3ccc4c(c3)Oc3cc(-c5ccc(N(c6ccccc6)c6ccc7[nH]c8ccc(N(c9ccccc9)c9ccccc9)cc8c7c6)cc5)ccc3N4)ccc1N2. The third-order valence-corrected chi connectivity index (χ3v) is 17.0. The van der Waals surface area contributed by atoms with E-state index in [9.17, 15) is 0 Å². The summed E-state index contributed by atoms with van der Waals surface area (Å²) in [6.45, 7) is 2.15. The van der Waals surface area contributed by atoms with Crippen LogP contribution in [0.2, 0.25) is 0 Å². The van der Waals surface area contributed by atoms with Gasteiger partial charge in [0.05, 0.1) is 39.5 Å². The number of anilines is 10. The molecule has 16 rings (SSSR count). The quantitative estimate of drug-likeness (QED) is 0.134. The lowest BCUT2D eigenvalue weighted by Gasteiger charge is -2.26. The molecule has 0 spiro atoms. The van der Waals surface area contributed by atoms with Gasteiger partial charge >= 0.3 is 0 Å². The fraction of sp³-hybridized carbons (Fsp3) is 0.0137. The van der Waals surface area contributed by atoms with Gasteiger partial charge in [0.25, 0.3) is 0 Å². The van der Waals surface area contributed by atoms with Crippen LogP contribution in [0.25, 0.3) is 71.6 Å². The van der Waals surface area contributed by atoms with Gasteiger partial charge in [-0.25, -0.2) is 0 Å². The fourth-order valence-electron chi connectivity index (χ4n) is 12.0. The van der Waals surface area contributed by atoms with Gasteiger partial charge in [0, 0.05) is 82.6 Å². The monoisotopic (exact) mass is 1060 g/mol. The molecular weight excluding hydrogens is 1010 g/mol. The van der Waals surface area contributed by atoms with Gasteiger partial charge in [-0.05, 0) is 186 Å². The Morgan fingerprint density at radius 3 is 1.49 bits per heavy atom. The molecule has 2 aromatic heterocycles. The van der Waals surface area contributed by atoms with Gasteiger partial charge in [0.1, 0.15) is 0 Å². The molecule has 7 nitrogen and oxygen atoms in total. The highest BCUT2D eigenvalue weighted by Crippen LogP contribution is 2.49. The van der Waals surface area contributed by atoms with Crippen molar-refractivity contribution in [3.8, 4) is 39.4 Å². The van der Waals surface area contributed by atoms with Crippen LogP contribution in [0, 0.1) is 6.92 Å². The second-order valence-corrected chi connectivity index (χ2v) is 22.0. The molecule has 0 aliphatic carbocycles. The molecule has 0 atom stereocenters. The van der Waals surface area contributed by atoms with Gasteiger partial charge in [0.15, 0.2) is 11.5 Å². The van der Waals surface area contributed by atoms with Crippen molar-refractivity contribution in [1.29, 1.82) is 0 Å². The fourth-order valence-corrected chi connectivity index (χ4v) is 13.1. The van der Waals surface area contributed by atoms with Crippen LogP contribution in [-0.2, 0) is 0 Å². The molecule has 0 bridgehead atoms. The maximum absolute atomic E-state index is 6.86. The topological polar surface area (TPSA) is 60.5 Å². The molecule has 14 aromatic rings. The Morgan fingerprint density at radius 2 is 0.827 bits per heavy atom. The predicted molar refractivity (Wildman–Crippen MR) is 339 cm³/mol. The number of aryl methyl sites for hydroxylation is 1. The summed E-state index contributed by atoms with van der Waals surface area (Å²) in [5.74, 6) is 1.56. The van der Waals surface area contributed by atoms with Crippen LogP contribution in [0.5, 0.6) is 11.5 Å².